The Hall–Kier alpha value is 0.290. The molecule has 0 aromatic rings. The first kappa shape index (κ1) is 7.40. The van der Waals surface area contributed by atoms with Crippen LogP contribution in [0.1, 0.15) is 40.0 Å². The molecule has 1 unspecified atom stereocenters. The van der Waals surface area contributed by atoms with E-state index in [1.54, 1.807) is 0 Å². The Kier molecular flexibility index (Phi) is 1.55. The van der Waals surface area contributed by atoms with Gasteiger partial charge in [-0.15, -0.1) is 11.6 Å². The van der Waals surface area contributed by atoms with Crippen molar-refractivity contribution in [3.05, 3.63) is 0 Å². The van der Waals surface area contributed by atoms with Gasteiger partial charge in [-0.05, 0) is 31.6 Å². The van der Waals surface area contributed by atoms with Gasteiger partial charge in [0, 0.05) is 4.87 Å². The minimum Gasteiger partial charge on any atom is -0.120 e. The average Bonchev–Trinajstić information content (AvgIpc) is 1.78. The molecule has 9 heavy (non-hydrogen) atoms. The van der Waals surface area contributed by atoms with Crippen LogP contribution in [0.4, 0.5) is 0 Å². The summed E-state index contributed by atoms with van der Waals surface area (Å²) in [4.78, 5) is 0.101. The molecule has 1 rings (SSSR count). The zero-order valence-electron chi connectivity index (χ0n) is 6.50. The third kappa shape index (κ3) is 1.86. The van der Waals surface area contributed by atoms with Crippen LogP contribution in [0.25, 0.3) is 0 Å². The van der Waals surface area contributed by atoms with Crippen molar-refractivity contribution in [1.82, 2.24) is 0 Å². The maximum absolute atomic E-state index is 6.15. The van der Waals surface area contributed by atoms with Gasteiger partial charge in [0.1, 0.15) is 0 Å². The summed E-state index contributed by atoms with van der Waals surface area (Å²) in [5, 5.41) is 0. The van der Waals surface area contributed by atoms with Crippen LogP contribution in [0.5, 0.6) is 0 Å². The molecule has 0 aromatic heterocycles. The quantitative estimate of drug-likeness (QED) is 0.461. The van der Waals surface area contributed by atoms with E-state index in [-0.39, 0.29) is 4.87 Å². The molecule has 54 valence electrons. The molecule has 0 spiro atoms. The van der Waals surface area contributed by atoms with Gasteiger partial charge < -0.3 is 0 Å². The average molecular weight is 147 g/mol. The summed E-state index contributed by atoms with van der Waals surface area (Å²) in [5.41, 5.74) is 0.497. The van der Waals surface area contributed by atoms with Gasteiger partial charge in [0.2, 0.25) is 0 Å². The Morgan fingerprint density at radius 1 is 1.11 bits per heavy atom. The molecule has 1 atom stereocenters. The zero-order valence-corrected chi connectivity index (χ0v) is 7.26. The van der Waals surface area contributed by atoms with Gasteiger partial charge in [-0.3, -0.25) is 0 Å². The van der Waals surface area contributed by atoms with E-state index in [1.807, 2.05) is 0 Å². The molecule has 0 bridgehead atoms. The van der Waals surface area contributed by atoms with E-state index in [4.69, 9.17) is 11.6 Å². The maximum Gasteiger partial charge on any atom is 0.0424 e. The first-order valence-corrected chi connectivity index (χ1v) is 3.98. The second-order valence-electron chi connectivity index (χ2n) is 4.25. The first-order chi connectivity index (χ1) is 3.91. The van der Waals surface area contributed by atoms with Crippen LogP contribution in [-0.2, 0) is 0 Å². The molecule has 0 heterocycles. The van der Waals surface area contributed by atoms with Gasteiger partial charge >= 0.3 is 0 Å². The Bertz CT molecular complexity index is 99.7. The van der Waals surface area contributed by atoms with Crippen LogP contribution in [0.2, 0.25) is 0 Å². The summed E-state index contributed by atoms with van der Waals surface area (Å²) in [5.74, 6) is 0. The summed E-state index contributed by atoms with van der Waals surface area (Å²) in [6, 6.07) is 0. The molecular weight excluding hydrogens is 132 g/mol. The molecule has 1 aliphatic rings. The summed E-state index contributed by atoms with van der Waals surface area (Å²) in [6.07, 6.45) is 3.64. The second kappa shape index (κ2) is 1.88. The Labute approximate surface area is 62.6 Å². The van der Waals surface area contributed by atoms with Gasteiger partial charge in [-0.25, -0.2) is 0 Å². The van der Waals surface area contributed by atoms with Gasteiger partial charge in [-0.2, -0.15) is 0 Å². The molecule has 1 saturated carbocycles. The maximum atomic E-state index is 6.15. The van der Waals surface area contributed by atoms with Crippen LogP contribution in [0.15, 0.2) is 0 Å². The molecule has 1 aliphatic carbocycles. The Morgan fingerprint density at radius 2 is 1.67 bits per heavy atom. The molecule has 0 radical (unpaired) electrons. The van der Waals surface area contributed by atoms with E-state index in [9.17, 15) is 0 Å². The number of alkyl halides is 1. The summed E-state index contributed by atoms with van der Waals surface area (Å²) in [6.45, 7) is 6.73. The largest absolute Gasteiger partial charge is 0.120 e. The Balaban J connectivity index is 2.58. The van der Waals surface area contributed by atoms with Crippen molar-refractivity contribution in [1.29, 1.82) is 0 Å². The fourth-order valence-corrected chi connectivity index (χ4v) is 2.23. The highest BCUT2D eigenvalue weighted by Crippen LogP contribution is 2.46. The number of halogens is 1. The lowest BCUT2D eigenvalue weighted by Crippen LogP contribution is -2.13. The van der Waals surface area contributed by atoms with Crippen molar-refractivity contribution in [3.63, 3.8) is 0 Å². The van der Waals surface area contributed by atoms with Crippen LogP contribution in [0, 0.1) is 5.41 Å². The van der Waals surface area contributed by atoms with Gasteiger partial charge in [-0.1, -0.05) is 13.8 Å². The highest BCUT2D eigenvalue weighted by molar-refractivity contribution is 6.23. The van der Waals surface area contributed by atoms with E-state index in [0.29, 0.717) is 5.41 Å². The lowest BCUT2D eigenvalue weighted by molar-refractivity contribution is 0.372. The third-order valence-electron chi connectivity index (χ3n) is 2.17. The Morgan fingerprint density at radius 3 is 1.78 bits per heavy atom. The van der Waals surface area contributed by atoms with Crippen LogP contribution in [0.3, 0.4) is 0 Å². The highest BCUT2D eigenvalue weighted by atomic mass is 35.5. The SMILES string of the molecule is CC1(C)CCC(C)(Cl)C1. The minimum absolute atomic E-state index is 0.101. The number of rotatable bonds is 0. The predicted molar refractivity (Wildman–Crippen MR) is 41.9 cm³/mol. The molecule has 0 nitrogen and oxygen atoms in total. The van der Waals surface area contributed by atoms with E-state index in [1.165, 1.54) is 19.3 Å². The highest BCUT2D eigenvalue weighted by Gasteiger charge is 2.37. The fourth-order valence-electron chi connectivity index (χ4n) is 1.77. The van der Waals surface area contributed by atoms with Crippen LogP contribution >= 0.6 is 11.6 Å². The molecule has 0 aromatic carbocycles. The van der Waals surface area contributed by atoms with Crippen molar-refractivity contribution >= 4 is 11.6 Å². The lowest BCUT2D eigenvalue weighted by atomic mass is 9.91. The molecule has 0 aliphatic heterocycles. The van der Waals surface area contributed by atoms with E-state index in [0.717, 1.165) is 0 Å². The van der Waals surface area contributed by atoms with E-state index >= 15 is 0 Å². The first-order valence-electron chi connectivity index (χ1n) is 3.60. The monoisotopic (exact) mass is 146 g/mol. The summed E-state index contributed by atoms with van der Waals surface area (Å²) < 4.78 is 0. The fraction of sp³-hybridized carbons (Fsp3) is 1.00. The van der Waals surface area contributed by atoms with Crippen molar-refractivity contribution in [2.24, 2.45) is 5.41 Å². The zero-order chi connectivity index (χ0) is 7.12. The van der Waals surface area contributed by atoms with Crippen LogP contribution in [-0.4, -0.2) is 4.87 Å². The van der Waals surface area contributed by atoms with Crippen molar-refractivity contribution in [2.75, 3.05) is 0 Å². The predicted octanol–water partition coefficient (Wildman–Crippen LogP) is 3.19. The molecular formula is C8H15Cl. The standard InChI is InChI=1S/C8H15Cl/c1-7(2)4-5-8(3,9)6-7/h4-6H2,1-3H3. The minimum atomic E-state index is 0.101. The van der Waals surface area contributed by atoms with Crippen LogP contribution < -0.4 is 0 Å². The third-order valence-corrected chi connectivity index (χ3v) is 2.49. The second-order valence-corrected chi connectivity index (χ2v) is 5.17. The van der Waals surface area contributed by atoms with Crippen molar-refractivity contribution in [2.45, 2.75) is 44.9 Å². The molecule has 1 fully saturated rings. The van der Waals surface area contributed by atoms with E-state index < -0.39 is 0 Å². The molecule has 0 saturated heterocycles. The smallest absolute Gasteiger partial charge is 0.0424 e. The lowest BCUT2D eigenvalue weighted by Gasteiger charge is -2.19. The van der Waals surface area contributed by atoms with Gasteiger partial charge in [0.25, 0.3) is 0 Å². The number of hydrogen-bond donors (Lipinski definition) is 0. The van der Waals surface area contributed by atoms with Gasteiger partial charge in [0.15, 0.2) is 0 Å². The number of hydrogen-bond acceptors (Lipinski definition) is 0. The topological polar surface area (TPSA) is 0 Å². The van der Waals surface area contributed by atoms with Gasteiger partial charge in [0.05, 0.1) is 0 Å². The molecule has 0 N–H and O–H groups in total. The van der Waals surface area contributed by atoms with E-state index in [2.05, 4.69) is 20.8 Å². The van der Waals surface area contributed by atoms with Crippen molar-refractivity contribution < 1.29 is 0 Å². The molecule has 0 amide bonds. The summed E-state index contributed by atoms with van der Waals surface area (Å²) >= 11 is 6.15. The normalized spacial score (nSPS) is 41.3. The van der Waals surface area contributed by atoms with Crippen molar-refractivity contribution in [3.8, 4) is 0 Å². The summed E-state index contributed by atoms with van der Waals surface area (Å²) in [7, 11) is 0. The molecule has 1 heteroatoms.